The standard InChI is InChI=1S/C37H67N7O2/c1-25(2)10-8-11-26(3)30-14-15-31-29-13-12-27-24-28(16-18-36(27,4)32(29)17-19-37(30,31)5)46-35(45)44(23-9-21-43-34(40)41)22-7-6-20-42-33(38)39/h12,25-26,28-32H,6-11,13-24H2,1-5H3,(H4,38,39,42)(H4,40,41,43)/t26-,28?,29?,30-,31?,32?,36+,37-/m1/s1. The number of nitrogens with zero attached hydrogens (tertiary/aromatic N) is 3. The number of guanidine groups is 2. The number of carbonyl (C=O) groups is 1. The highest BCUT2D eigenvalue weighted by atomic mass is 16.6. The van der Waals surface area contributed by atoms with Crippen molar-refractivity contribution in [3.05, 3.63) is 11.6 Å². The Morgan fingerprint density at radius 3 is 2.28 bits per heavy atom. The lowest BCUT2D eigenvalue weighted by atomic mass is 9.47. The van der Waals surface area contributed by atoms with Gasteiger partial charge in [0.15, 0.2) is 11.9 Å². The molecule has 0 radical (unpaired) electrons. The number of fused-ring (bicyclic) bond motifs is 5. The molecule has 9 heteroatoms. The van der Waals surface area contributed by atoms with E-state index >= 15 is 0 Å². The minimum atomic E-state index is -0.234. The number of hydrogen-bond acceptors (Lipinski definition) is 4. The summed E-state index contributed by atoms with van der Waals surface area (Å²) in [5.41, 5.74) is 24.2. The lowest BCUT2D eigenvalue weighted by Gasteiger charge is -2.58. The Morgan fingerprint density at radius 1 is 0.891 bits per heavy atom. The lowest BCUT2D eigenvalue weighted by Crippen LogP contribution is -2.51. The minimum Gasteiger partial charge on any atom is -0.446 e. The zero-order valence-corrected chi connectivity index (χ0v) is 29.8. The Kier molecular flexibility index (Phi) is 12.7. The number of unbranched alkanes of at least 4 members (excludes halogenated alkanes) is 1. The quantitative estimate of drug-likeness (QED) is 0.0687. The number of hydrogen-bond donors (Lipinski definition) is 4. The summed E-state index contributed by atoms with van der Waals surface area (Å²) in [5, 5.41) is 0. The molecule has 46 heavy (non-hydrogen) atoms. The predicted molar refractivity (Wildman–Crippen MR) is 190 cm³/mol. The third kappa shape index (κ3) is 8.71. The summed E-state index contributed by atoms with van der Waals surface area (Å²) in [5.74, 6) is 5.12. The van der Waals surface area contributed by atoms with Crippen LogP contribution in [-0.4, -0.2) is 55.2 Å². The Bertz CT molecular complexity index is 1100. The highest BCUT2D eigenvalue weighted by molar-refractivity contribution is 5.76. The highest BCUT2D eigenvalue weighted by Crippen LogP contribution is 2.67. The number of carbonyl (C=O) groups excluding carboxylic acids is 1. The van der Waals surface area contributed by atoms with E-state index in [0.29, 0.717) is 38.0 Å². The fourth-order valence-corrected chi connectivity index (χ4v) is 10.4. The van der Waals surface area contributed by atoms with Gasteiger partial charge in [0, 0.05) is 32.6 Å². The summed E-state index contributed by atoms with van der Waals surface area (Å²) < 4.78 is 6.22. The molecule has 3 fully saturated rings. The average Bonchev–Trinajstić information content (AvgIpc) is 3.35. The summed E-state index contributed by atoms with van der Waals surface area (Å²) in [4.78, 5) is 23.4. The smallest absolute Gasteiger partial charge is 0.410 e. The van der Waals surface area contributed by atoms with Gasteiger partial charge in [0.1, 0.15) is 6.10 Å². The molecule has 0 spiro atoms. The second kappa shape index (κ2) is 16.1. The maximum absolute atomic E-state index is 13.5. The van der Waals surface area contributed by atoms with Crippen molar-refractivity contribution >= 4 is 18.0 Å². The van der Waals surface area contributed by atoms with Gasteiger partial charge in [0.25, 0.3) is 0 Å². The first kappa shape index (κ1) is 36.4. The van der Waals surface area contributed by atoms with Crippen molar-refractivity contribution in [3.8, 4) is 0 Å². The van der Waals surface area contributed by atoms with Crippen LogP contribution in [0.4, 0.5) is 4.79 Å². The van der Waals surface area contributed by atoms with Crippen molar-refractivity contribution in [1.29, 1.82) is 0 Å². The largest absolute Gasteiger partial charge is 0.446 e. The summed E-state index contributed by atoms with van der Waals surface area (Å²) in [7, 11) is 0. The Balaban J connectivity index is 1.36. The molecule has 0 heterocycles. The van der Waals surface area contributed by atoms with E-state index in [1.807, 2.05) is 0 Å². The molecule has 8 atom stereocenters. The molecule has 1 amide bonds. The van der Waals surface area contributed by atoms with Crippen molar-refractivity contribution in [2.75, 3.05) is 26.2 Å². The maximum Gasteiger partial charge on any atom is 0.410 e. The fourth-order valence-electron chi connectivity index (χ4n) is 10.4. The molecule has 4 aliphatic rings. The third-order valence-corrected chi connectivity index (χ3v) is 12.8. The number of allylic oxidation sites excluding steroid dienone is 1. The summed E-state index contributed by atoms with van der Waals surface area (Å²) in [6.45, 7) is 14.7. The van der Waals surface area contributed by atoms with E-state index in [2.05, 4.69) is 50.7 Å². The van der Waals surface area contributed by atoms with Crippen molar-refractivity contribution in [3.63, 3.8) is 0 Å². The van der Waals surface area contributed by atoms with Crippen LogP contribution in [0.25, 0.3) is 0 Å². The number of rotatable bonds is 15. The minimum absolute atomic E-state index is 0.0679. The normalized spacial score (nSPS) is 32.4. The van der Waals surface area contributed by atoms with Crippen LogP contribution in [0.15, 0.2) is 21.6 Å². The maximum atomic E-state index is 13.5. The first-order valence-corrected chi connectivity index (χ1v) is 18.6. The van der Waals surface area contributed by atoms with Gasteiger partial charge in [-0.2, -0.15) is 0 Å². The van der Waals surface area contributed by atoms with E-state index in [0.717, 1.165) is 67.6 Å². The molecule has 4 rings (SSSR count). The van der Waals surface area contributed by atoms with Gasteiger partial charge < -0.3 is 32.6 Å². The van der Waals surface area contributed by atoms with E-state index in [1.54, 1.807) is 10.5 Å². The number of aliphatic imine (C=N–C) groups is 2. The molecule has 0 bridgehead atoms. The molecule has 9 nitrogen and oxygen atoms in total. The summed E-state index contributed by atoms with van der Waals surface area (Å²) in [6.07, 6.45) is 18.4. The first-order valence-electron chi connectivity index (χ1n) is 18.6. The average molecular weight is 642 g/mol. The zero-order valence-electron chi connectivity index (χ0n) is 29.8. The van der Waals surface area contributed by atoms with Crippen LogP contribution in [0.2, 0.25) is 0 Å². The Morgan fingerprint density at radius 2 is 1.59 bits per heavy atom. The van der Waals surface area contributed by atoms with E-state index in [9.17, 15) is 4.79 Å². The Labute approximate surface area is 279 Å². The molecule has 0 aromatic carbocycles. The van der Waals surface area contributed by atoms with Gasteiger partial charge >= 0.3 is 6.09 Å². The van der Waals surface area contributed by atoms with Crippen LogP contribution < -0.4 is 22.9 Å². The highest BCUT2D eigenvalue weighted by Gasteiger charge is 2.59. The predicted octanol–water partition coefficient (Wildman–Crippen LogP) is 6.55. The second-order valence-electron chi connectivity index (χ2n) is 16.2. The second-order valence-corrected chi connectivity index (χ2v) is 16.2. The molecular weight excluding hydrogens is 574 g/mol. The van der Waals surface area contributed by atoms with Crippen LogP contribution in [0.3, 0.4) is 0 Å². The molecular formula is C37H67N7O2. The van der Waals surface area contributed by atoms with Gasteiger partial charge in [-0.3, -0.25) is 9.98 Å². The van der Waals surface area contributed by atoms with Crippen LogP contribution >= 0.6 is 0 Å². The third-order valence-electron chi connectivity index (χ3n) is 12.8. The van der Waals surface area contributed by atoms with Gasteiger partial charge in [-0.25, -0.2) is 4.79 Å². The monoisotopic (exact) mass is 642 g/mol. The van der Waals surface area contributed by atoms with E-state index < -0.39 is 0 Å². The molecule has 4 aliphatic carbocycles. The van der Waals surface area contributed by atoms with Crippen molar-refractivity contribution in [2.45, 2.75) is 131 Å². The molecule has 3 saturated carbocycles. The molecule has 262 valence electrons. The van der Waals surface area contributed by atoms with Gasteiger partial charge in [0.2, 0.25) is 0 Å². The van der Waals surface area contributed by atoms with Gasteiger partial charge in [-0.05, 0) is 111 Å². The van der Waals surface area contributed by atoms with E-state index in [1.165, 1.54) is 51.4 Å². The first-order chi connectivity index (χ1) is 21.8. The topological polar surface area (TPSA) is 158 Å². The van der Waals surface area contributed by atoms with Crippen molar-refractivity contribution in [2.24, 2.45) is 79.3 Å². The number of ether oxygens (including phenoxy) is 1. The summed E-state index contributed by atoms with van der Waals surface area (Å²) >= 11 is 0. The van der Waals surface area contributed by atoms with Crippen molar-refractivity contribution < 1.29 is 9.53 Å². The number of amides is 1. The molecule has 4 unspecified atom stereocenters. The molecule has 0 aromatic rings. The van der Waals surface area contributed by atoms with E-state index in [4.69, 9.17) is 27.7 Å². The molecule has 0 aliphatic heterocycles. The van der Waals surface area contributed by atoms with Crippen LogP contribution in [0, 0.1) is 46.3 Å². The zero-order chi connectivity index (χ0) is 33.5. The molecule has 0 aromatic heterocycles. The van der Waals surface area contributed by atoms with Gasteiger partial charge in [-0.1, -0.05) is 65.5 Å². The van der Waals surface area contributed by atoms with E-state index in [-0.39, 0.29) is 29.5 Å². The van der Waals surface area contributed by atoms with Gasteiger partial charge in [0.05, 0.1) is 0 Å². The van der Waals surface area contributed by atoms with Crippen LogP contribution in [0.1, 0.15) is 125 Å². The molecule has 0 saturated heterocycles. The molecule has 8 N–H and O–H groups in total. The number of nitrogens with two attached hydrogens (primary N) is 4. The van der Waals surface area contributed by atoms with Gasteiger partial charge in [-0.15, -0.1) is 0 Å². The van der Waals surface area contributed by atoms with Crippen LogP contribution in [0.5, 0.6) is 0 Å². The SMILES string of the molecule is CC(C)CCC[C@@H](C)[C@H]1CCC2C3CC=C4CC(OC(=O)N(CCCCN=C(N)N)CCCN=C(N)N)CC[C@]4(C)C3CC[C@@]21C. The summed E-state index contributed by atoms with van der Waals surface area (Å²) in [6, 6.07) is 0. The van der Waals surface area contributed by atoms with Crippen LogP contribution in [-0.2, 0) is 4.74 Å². The van der Waals surface area contributed by atoms with Crippen molar-refractivity contribution in [1.82, 2.24) is 4.90 Å². The fraction of sp³-hybridized carbons (Fsp3) is 0.865. The lowest BCUT2D eigenvalue weighted by molar-refractivity contribution is -0.0593. The Hall–Kier alpha value is -2.45.